The van der Waals surface area contributed by atoms with Gasteiger partial charge < -0.3 is 154 Å². The third kappa shape index (κ3) is 12.7. The Morgan fingerprint density at radius 1 is 0.588 bits per heavy atom. The minimum atomic E-state index is -2.52. The fraction of sp³-hybridized carbons (Fsp3) is 0.938. The Kier molecular flexibility index (Phi) is 21.7. The number of carbonyl (C=O) groups is 2. The molecule has 0 spiro atoms. The van der Waals surface area contributed by atoms with Gasteiger partial charge in [0.15, 0.2) is 37.6 Å². The first-order valence-electron chi connectivity index (χ1n) is 33.8. The molecule has 6 heterocycles. The van der Waals surface area contributed by atoms with Crippen LogP contribution >= 0.6 is 0 Å². The minimum Gasteiger partial charge on any atom is -0.481 e. The predicted octanol–water partition coefficient (Wildman–Crippen LogP) is -5.70. The van der Waals surface area contributed by atoms with Gasteiger partial charge in [-0.1, -0.05) is 39.3 Å². The molecule has 19 N–H and O–H groups in total. The van der Waals surface area contributed by atoms with E-state index in [0.29, 0.717) is 32.1 Å². The molecule has 0 radical (unpaired) electrons. The van der Waals surface area contributed by atoms with Gasteiger partial charge in [-0.05, 0) is 113 Å². The van der Waals surface area contributed by atoms with Gasteiger partial charge in [-0.25, -0.2) is 0 Å². The number of hydrogen-bond donors (Lipinski definition) is 19. The summed E-state index contributed by atoms with van der Waals surface area (Å²) in [7, 11) is 0. The van der Waals surface area contributed by atoms with Crippen LogP contribution in [0.4, 0.5) is 0 Å². The summed E-state index contributed by atoms with van der Waals surface area (Å²) in [5, 5.41) is 208. The van der Waals surface area contributed by atoms with Crippen LogP contribution in [0.3, 0.4) is 0 Å². The second-order valence-corrected chi connectivity index (χ2v) is 30.9. The van der Waals surface area contributed by atoms with E-state index in [2.05, 4.69) is 26.8 Å². The van der Waals surface area contributed by atoms with Crippen molar-refractivity contribution in [2.75, 3.05) is 33.0 Å². The van der Waals surface area contributed by atoms with Crippen molar-refractivity contribution in [3.05, 3.63) is 11.6 Å². The molecule has 33 heteroatoms. The second kappa shape index (κ2) is 27.9. The lowest BCUT2D eigenvalue weighted by molar-refractivity contribution is -0.376. The monoisotopic (exact) mass is 1400 g/mol. The Hall–Kier alpha value is -2.48. The van der Waals surface area contributed by atoms with Gasteiger partial charge in [-0.3, -0.25) is 9.59 Å². The van der Waals surface area contributed by atoms with E-state index in [9.17, 15) is 102 Å². The van der Waals surface area contributed by atoms with E-state index < -0.39 is 262 Å². The highest BCUT2D eigenvalue weighted by atomic mass is 16.8. The van der Waals surface area contributed by atoms with Gasteiger partial charge in [0.1, 0.15) is 116 Å². The summed E-state index contributed by atoms with van der Waals surface area (Å²) in [5.74, 6) is -6.12. The number of rotatable bonds is 17. The molecule has 0 aromatic heterocycles. The molecule has 33 nitrogen and oxygen atoms in total. The summed E-state index contributed by atoms with van der Waals surface area (Å²) >= 11 is 0. The number of aliphatic hydroxyl groups excluding tert-OH is 17. The number of carboxylic acid groups (broad SMARTS) is 1. The molecule has 0 aromatic carbocycles. The summed E-state index contributed by atoms with van der Waals surface area (Å²) in [4.78, 5) is 29.4. The molecule has 97 heavy (non-hydrogen) atoms. The van der Waals surface area contributed by atoms with Gasteiger partial charge >= 0.3 is 11.9 Å². The molecular formula is C64H102O33. The first-order chi connectivity index (χ1) is 45.4. The molecule has 11 rings (SSSR count). The maximum Gasteiger partial charge on any atom is 0.315 e. The first kappa shape index (κ1) is 75.7. The van der Waals surface area contributed by atoms with E-state index in [1.807, 2.05) is 6.92 Å². The topological polar surface area (TPSA) is 529 Å². The zero-order valence-electron chi connectivity index (χ0n) is 55.3. The van der Waals surface area contributed by atoms with Crippen LogP contribution in [0.5, 0.6) is 0 Å². The Balaban J connectivity index is 0.755. The lowest BCUT2D eigenvalue weighted by Crippen LogP contribution is -2.71. The van der Waals surface area contributed by atoms with E-state index in [4.69, 9.17) is 56.8 Å². The van der Waals surface area contributed by atoms with Crippen LogP contribution < -0.4 is 0 Å². The third-order valence-corrected chi connectivity index (χ3v) is 24.9. The molecule has 37 unspecified atom stereocenters. The molecule has 0 aromatic rings. The molecule has 0 bridgehead atoms. The highest BCUT2D eigenvalue weighted by molar-refractivity contribution is 5.79. The van der Waals surface area contributed by atoms with Crippen molar-refractivity contribution in [1.82, 2.24) is 0 Å². The van der Waals surface area contributed by atoms with Crippen LogP contribution in [0, 0.1) is 50.2 Å². The molecule has 4 saturated carbocycles. The maximum atomic E-state index is 15.6. The standard InChI is InChI=1S/C64H102O33/c1-24-36(70)42(76)49(94-53-47(81)43(77)48(25(2)89-53)93-51-44(78)39(73)31(21-86-51)90-35-16-34(69)64(85,97-35)23-87-52-45(79)40(74)37(71)29(19-65)91-52)55(88-24)96-57(84)62-13-12-58(3,4)17-27(62)26-8-9-32-59(5)18-28(68)50(95-54-46(80)41(75)38(72)30(20-66)92-54)61(7,56(82)83)33(59)10-11-60(32,6)63(26,22-67)15-14-62/h8,24-25,27-55,65-81,85H,9-23H2,1-7H3,(H,82,83). The maximum absolute atomic E-state index is 15.6. The zero-order valence-corrected chi connectivity index (χ0v) is 55.3. The smallest absolute Gasteiger partial charge is 0.315 e. The van der Waals surface area contributed by atoms with Gasteiger partial charge in [0, 0.05) is 11.8 Å². The van der Waals surface area contributed by atoms with E-state index in [1.165, 1.54) is 20.8 Å². The van der Waals surface area contributed by atoms with Crippen molar-refractivity contribution in [3.63, 3.8) is 0 Å². The third-order valence-electron chi connectivity index (χ3n) is 24.9. The SMILES string of the molecule is CC1OC(OC(=O)C23CCC(C)(C)CC2C2=CCC4C5(C)CC(O)C(OC6OC(CO)C(O)C(O)C6O)C(C)(C(=O)O)C5CCC4(C)C2(CO)CC3)C(OC2OC(C)C(OC3OCC(OC4CC(O)C(O)(COC5OC(CO)C(O)C(O)C5O)O4)C(O)C3O)C(O)C2O)C(O)C1O. The van der Waals surface area contributed by atoms with Crippen LogP contribution in [0.1, 0.15) is 113 Å². The molecule has 6 aliphatic heterocycles. The number of carbonyl (C=O) groups excluding carboxylic acids is 1. The molecular weight excluding hydrogens is 1300 g/mol. The highest BCUT2D eigenvalue weighted by Gasteiger charge is 2.74. The molecule has 37 atom stereocenters. The van der Waals surface area contributed by atoms with Crippen molar-refractivity contribution in [2.45, 2.75) is 290 Å². The van der Waals surface area contributed by atoms with Crippen LogP contribution in [0.25, 0.3) is 0 Å². The van der Waals surface area contributed by atoms with Crippen molar-refractivity contribution >= 4 is 11.9 Å². The summed E-state index contributed by atoms with van der Waals surface area (Å²) in [6.45, 7) is 9.29. The number of hydrogen-bond acceptors (Lipinski definition) is 32. The molecule has 0 amide bonds. The highest BCUT2D eigenvalue weighted by Crippen LogP contribution is 2.76. The lowest BCUT2D eigenvalue weighted by atomic mass is 9.33. The Labute approximate surface area is 559 Å². The van der Waals surface area contributed by atoms with Crippen LogP contribution in [-0.4, -0.2) is 320 Å². The van der Waals surface area contributed by atoms with Crippen molar-refractivity contribution < 1.29 is 163 Å². The van der Waals surface area contributed by atoms with Gasteiger partial charge in [0.25, 0.3) is 0 Å². The van der Waals surface area contributed by atoms with Gasteiger partial charge in [0.05, 0.1) is 55.6 Å². The molecule has 10 fully saturated rings. The number of allylic oxidation sites excluding steroid dienone is 1. The molecule has 11 aliphatic rings. The summed E-state index contributed by atoms with van der Waals surface area (Å²) < 4.78 is 70.1. The van der Waals surface area contributed by atoms with Gasteiger partial charge in [0.2, 0.25) is 12.1 Å². The minimum absolute atomic E-state index is 0.0198. The lowest BCUT2D eigenvalue weighted by Gasteiger charge is -2.71. The number of fused-ring (bicyclic) bond motifs is 7. The van der Waals surface area contributed by atoms with E-state index in [0.717, 1.165) is 5.57 Å². The van der Waals surface area contributed by atoms with Crippen molar-refractivity contribution in [3.8, 4) is 0 Å². The average molecular weight is 1400 g/mol. The summed E-state index contributed by atoms with van der Waals surface area (Å²) in [5.41, 5.74) is -5.28. The van der Waals surface area contributed by atoms with E-state index in [1.54, 1.807) is 0 Å². The van der Waals surface area contributed by atoms with Crippen LogP contribution in [0.2, 0.25) is 0 Å². The summed E-state index contributed by atoms with van der Waals surface area (Å²) in [6, 6.07) is 0. The number of aliphatic carboxylic acids is 1. The van der Waals surface area contributed by atoms with Crippen molar-refractivity contribution in [1.29, 1.82) is 0 Å². The van der Waals surface area contributed by atoms with Crippen LogP contribution in [0.15, 0.2) is 11.6 Å². The Morgan fingerprint density at radius 2 is 1.16 bits per heavy atom. The predicted molar refractivity (Wildman–Crippen MR) is 318 cm³/mol. The van der Waals surface area contributed by atoms with E-state index >= 15 is 4.79 Å². The van der Waals surface area contributed by atoms with E-state index in [-0.39, 0.29) is 43.6 Å². The van der Waals surface area contributed by atoms with Gasteiger partial charge in [-0.15, -0.1) is 0 Å². The summed E-state index contributed by atoms with van der Waals surface area (Å²) in [6.07, 6.45) is -42.0. The van der Waals surface area contributed by atoms with Crippen LogP contribution in [-0.2, 0) is 66.4 Å². The number of ether oxygens (including phenoxy) is 12. The second-order valence-electron chi connectivity index (χ2n) is 30.9. The number of aliphatic hydroxyl groups is 18. The Morgan fingerprint density at radius 3 is 1.80 bits per heavy atom. The molecule has 556 valence electrons. The fourth-order valence-corrected chi connectivity index (χ4v) is 19.0. The number of carboxylic acids is 1. The number of esters is 1. The molecule has 5 aliphatic carbocycles. The first-order valence-corrected chi connectivity index (χ1v) is 33.8. The molecule has 6 saturated heterocycles. The quantitative estimate of drug-likeness (QED) is 0.0367. The Bertz CT molecular complexity index is 2800. The van der Waals surface area contributed by atoms with Crippen molar-refractivity contribution in [2.24, 2.45) is 50.2 Å². The average Bonchev–Trinajstić information content (AvgIpc) is 0.883. The normalized spacial score (nSPS) is 54.5. The zero-order chi connectivity index (χ0) is 70.9. The fourth-order valence-electron chi connectivity index (χ4n) is 19.0. The largest absolute Gasteiger partial charge is 0.481 e. The van der Waals surface area contributed by atoms with Gasteiger partial charge in [-0.2, -0.15) is 0 Å².